The third-order valence-electron chi connectivity index (χ3n) is 4.18. The molecule has 1 amide bonds. The second-order valence-corrected chi connectivity index (χ2v) is 5.91. The van der Waals surface area contributed by atoms with Crippen LogP contribution in [0.25, 0.3) is 5.69 Å². The van der Waals surface area contributed by atoms with E-state index in [2.05, 4.69) is 10.4 Å². The Hall–Kier alpha value is -2.83. The molecule has 7 nitrogen and oxygen atoms in total. The molecule has 0 saturated heterocycles. The summed E-state index contributed by atoms with van der Waals surface area (Å²) in [6.45, 7) is 5.83. The minimum atomic E-state index is -0.737. The summed E-state index contributed by atoms with van der Waals surface area (Å²) in [4.78, 5) is 24.9. The van der Waals surface area contributed by atoms with Crippen LogP contribution in [0.4, 0.5) is 0 Å². The summed E-state index contributed by atoms with van der Waals surface area (Å²) >= 11 is 0. The maximum absolute atomic E-state index is 12.7. The van der Waals surface area contributed by atoms with Gasteiger partial charge in [-0.15, -0.1) is 0 Å². The van der Waals surface area contributed by atoms with Gasteiger partial charge in [0.1, 0.15) is 6.04 Å². The van der Waals surface area contributed by atoms with Crippen molar-refractivity contribution < 1.29 is 19.1 Å². The first-order chi connectivity index (χ1) is 12.5. The lowest BCUT2D eigenvalue weighted by atomic mass is 9.99. The topological polar surface area (TPSA) is 82.5 Å². The van der Waals surface area contributed by atoms with Gasteiger partial charge in [0.25, 0.3) is 5.91 Å². The van der Waals surface area contributed by atoms with Gasteiger partial charge in [-0.1, -0.05) is 38.5 Å². The largest absolute Gasteiger partial charge is 0.493 e. The minimum absolute atomic E-state index is 0.0693. The number of nitrogens with zero attached hydrogens (tertiary/aromatic N) is 2. The number of carbonyl (C=O) groups excluding carboxylic acids is 2. The number of aromatic nitrogens is 2. The zero-order valence-corrected chi connectivity index (χ0v) is 15.6. The van der Waals surface area contributed by atoms with E-state index in [-0.39, 0.29) is 18.2 Å². The van der Waals surface area contributed by atoms with Crippen molar-refractivity contribution in [2.75, 3.05) is 13.7 Å². The summed E-state index contributed by atoms with van der Waals surface area (Å²) in [6.07, 6.45) is 2.35. The summed E-state index contributed by atoms with van der Waals surface area (Å²) in [5.74, 6) is -0.662. The quantitative estimate of drug-likeness (QED) is 0.733. The molecular weight excluding hydrogens is 334 g/mol. The standard InChI is InChI=1S/C19H25N3O4/c1-5-13(3)16(19(24)26-6-2)20-18(23)17-15(25-4)12-22(21-17)14-10-8-7-9-11-14/h7-13,16H,5-6H2,1-4H3,(H,20,23)/t13-,16+/m0/s1. The lowest BCUT2D eigenvalue weighted by molar-refractivity contribution is -0.146. The van der Waals surface area contributed by atoms with Crippen LogP contribution in [0.1, 0.15) is 37.7 Å². The molecule has 0 fully saturated rings. The monoisotopic (exact) mass is 359 g/mol. The van der Waals surface area contributed by atoms with E-state index in [0.29, 0.717) is 5.75 Å². The van der Waals surface area contributed by atoms with Crippen molar-refractivity contribution in [2.45, 2.75) is 33.2 Å². The summed E-state index contributed by atoms with van der Waals surface area (Å²) in [5, 5.41) is 7.06. The van der Waals surface area contributed by atoms with E-state index in [4.69, 9.17) is 9.47 Å². The number of hydrogen-bond acceptors (Lipinski definition) is 5. The first-order valence-electron chi connectivity index (χ1n) is 8.68. The molecule has 2 rings (SSSR count). The lowest BCUT2D eigenvalue weighted by Crippen LogP contribution is -2.46. The van der Waals surface area contributed by atoms with Gasteiger partial charge in [0.2, 0.25) is 0 Å². The highest BCUT2D eigenvalue weighted by molar-refractivity contribution is 5.97. The van der Waals surface area contributed by atoms with Gasteiger partial charge in [0.05, 0.1) is 25.6 Å². The van der Waals surface area contributed by atoms with Crippen LogP contribution in [0, 0.1) is 5.92 Å². The number of esters is 1. The molecule has 7 heteroatoms. The van der Waals surface area contributed by atoms with Gasteiger partial charge in [-0.05, 0) is 25.0 Å². The molecule has 1 aromatic carbocycles. The molecular formula is C19H25N3O4. The molecule has 0 aliphatic heterocycles. The molecule has 0 aliphatic carbocycles. The third kappa shape index (κ3) is 4.41. The molecule has 0 spiro atoms. The fourth-order valence-corrected chi connectivity index (χ4v) is 2.49. The molecule has 0 bridgehead atoms. The van der Waals surface area contributed by atoms with Gasteiger partial charge in [0, 0.05) is 0 Å². The van der Waals surface area contributed by atoms with Crippen molar-refractivity contribution in [2.24, 2.45) is 5.92 Å². The molecule has 26 heavy (non-hydrogen) atoms. The number of nitrogens with one attached hydrogen (secondary N) is 1. The maximum atomic E-state index is 12.7. The van der Waals surface area contributed by atoms with Crippen LogP contribution in [-0.4, -0.2) is 41.4 Å². The Morgan fingerprint density at radius 1 is 1.23 bits per heavy atom. The molecule has 1 heterocycles. The van der Waals surface area contributed by atoms with Crippen molar-refractivity contribution in [1.82, 2.24) is 15.1 Å². The van der Waals surface area contributed by atoms with Crippen molar-refractivity contribution in [3.8, 4) is 11.4 Å². The number of para-hydroxylation sites is 1. The highest BCUT2D eigenvalue weighted by atomic mass is 16.5. The second-order valence-electron chi connectivity index (χ2n) is 5.91. The second kappa shape index (κ2) is 9.03. The summed E-state index contributed by atoms with van der Waals surface area (Å²) < 4.78 is 11.9. The molecule has 0 radical (unpaired) electrons. The normalized spacial score (nSPS) is 12.9. The Balaban J connectivity index is 2.27. The van der Waals surface area contributed by atoms with Crippen LogP contribution in [-0.2, 0) is 9.53 Å². The molecule has 1 N–H and O–H groups in total. The molecule has 0 unspecified atom stereocenters. The Morgan fingerprint density at radius 3 is 2.50 bits per heavy atom. The number of methoxy groups -OCH3 is 1. The van der Waals surface area contributed by atoms with Crippen molar-refractivity contribution in [1.29, 1.82) is 0 Å². The first-order valence-corrected chi connectivity index (χ1v) is 8.68. The van der Waals surface area contributed by atoms with Gasteiger partial charge in [0.15, 0.2) is 11.4 Å². The lowest BCUT2D eigenvalue weighted by Gasteiger charge is -2.22. The van der Waals surface area contributed by atoms with Crippen LogP contribution in [0.2, 0.25) is 0 Å². The zero-order chi connectivity index (χ0) is 19.1. The Bertz CT molecular complexity index is 742. The zero-order valence-electron chi connectivity index (χ0n) is 15.6. The summed E-state index contributed by atoms with van der Waals surface area (Å²) in [7, 11) is 1.47. The van der Waals surface area contributed by atoms with E-state index in [1.165, 1.54) is 7.11 Å². The van der Waals surface area contributed by atoms with Gasteiger partial charge in [-0.25, -0.2) is 9.48 Å². The van der Waals surface area contributed by atoms with Crippen LogP contribution >= 0.6 is 0 Å². The van der Waals surface area contributed by atoms with Crippen molar-refractivity contribution in [3.63, 3.8) is 0 Å². The predicted molar refractivity (Wildman–Crippen MR) is 97.5 cm³/mol. The predicted octanol–water partition coefficient (Wildman–Crippen LogP) is 2.59. The van der Waals surface area contributed by atoms with E-state index in [1.54, 1.807) is 17.8 Å². The molecule has 1 aromatic heterocycles. The van der Waals surface area contributed by atoms with Gasteiger partial charge >= 0.3 is 5.97 Å². The molecule has 2 atom stereocenters. The molecule has 0 saturated carbocycles. The van der Waals surface area contributed by atoms with Crippen LogP contribution < -0.4 is 10.1 Å². The highest BCUT2D eigenvalue weighted by Gasteiger charge is 2.29. The number of carbonyl (C=O) groups is 2. The first kappa shape index (κ1) is 19.5. The van der Waals surface area contributed by atoms with Crippen LogP contribution in [0.3, 0.4) is 0 Å². The average molecular weight is 359 g/mol. The number of rotatable bonds is 8. The minimum Gasteiger partial charge on any atom is -0.493 e. The van der Waals surface area contributed by atoms with Gasteiger partial charge in [-0.2, -0.15) is 5.10 Å². The van der Waals surface area contributed by atoms with Crippen molar-refractivity contribution in [3.05, 3.63) is 42.2 Å². The molecule has 140 valence electrons. The van der Waals surface area contributed by atoms with Crippen LogP contribution in [0.5, 0.6) is 5.75 Å². The SMILES string of the molecule is CCOC(=O)[C@H](NC(=O)c1nn(-c2ccccc2)cc1OC)[C@@H](C)CC. The number of hydrogen-bond donors (Lipinski definition) is 1. The Morgan fingerprint density at radius 2 is 1.92 bits per heavy atom. The van der Waals surface area contributed by atoms with E-state index in [0.717, 1.165) is 12.1 Å². The average Bonchev–Trinajstić information content (AvgIpc) is 3.10. The molecule has 2 aromatic rings. The number of amides is 1. The van der Waals surface area contributed by atoms with Crippen LogP contribution in [0.15, 0.2) is 36.5 Å². The van der Waals surface area contributed by atoms with E-state index < -0.39 is 17.9 Å². The summed E-state index contributed by atoms with van der Waals surface area (Å²) in [6, 6.07) is 8.66. The fourth-order valence-electron chi connectivity index (χ4n) is 2.49. The van der Waals surface area contributed by atoms with Crippen molar-refractivity contribution >= 4 is 11.9 Å². The smallest absolute Gasteiger partial charge is 0.328 e. The van der Waals surface area contributed by atoms with E-state index in [9.17, 15) is 9.59 Å². The van der Waals surface area contributed by atoms with E-state index >= 15 is 0 Å². The third-order valence-corrected chi connectivity index (χ3v) is 4.18. The Kier molecular flexibility index (Phi) is 6.77. The highest BCUT2D eigenvalue weighted by Crippen LogP contribution is 2.20. The Labute approximate surface area is 153 Å². The van der Waals surface area contributed by atoms with Gasteiger partial charge < -0.3 is 14.8 Å². The van der Waals surface area contributed by atoms with E-state index in [1.807, 2.05) is 44.2 Å². The van der Waals surface area contributed by atoms with Gasteiger partial charge in [-0.3, -0.25) is 4.79 Å². The molecule has 0 aliphatic rings. The number of benzene rings is 1. The number of ether oxygens (including phenoxy) is 2. The fraction of sp³-hybridized carbons (Fsp3) is 0.421. The summed E-state index contributed by atoms with van der Waals surface area (Å²) in [5.41, 5.74) is 0.919. The maximum Gasteiger partial charge on any atom is 0.328 e.